The Bertz CT molecular complexity index is 310. The minimum absolute atomic E-state index is 0.254. The van der Waals surface area contributed by atoms with Crippen LogP contribution in [0.2, 0.25) is 0 Å². The van der Waals surface area contributed by atoms with Crippen molar-refractivity contribution in [3.8, 4) is 0 Å². The molecule has 0 aliphatic carbocycles. The fourth-order valence-corrected chi connectivity index (χ4v) is 3.29. The Morgan fingerprint density at radius 1 is 1.25 bits per heavy atom. The van der Waals surface area contributed by atoms with Gasteiger partial charge < -0.3 is 10.6 Å². The van der Waals surface area contributed by atoms with Crippen molar-refractivity contribution in [1.29, 1.82) is 0 Å². The van der Waals surface area contributed by atoms with E-state index in [1.807, 2.05) is 0 Å². The molecule has 2 saturated heterocycles. The lowest BCUT2D eigenvalue weighted by atomic mass is 9.97. The first-order valence-corrected chi connectivity index (χ1v) is 8.20. The van der Waals surface area contributed by atoms with Gasteiger partial charge in [-0.1, -0.05) is 0 Å². The first-order valence-electron chi connectivity index (χ1n) is 8.20. The molecule has 2 aliphatic rings. The Hall–Kier alpha value is -0.610. The smallest absolute Gasteiger partial charge is 0.220 e. The summed E-state index contributed by atoms with van der Waals surface area (Å²) < 4.78 is 0. The van der Waals surface area contributed by atoms with Crippen LogP contribution < -0.4 is 10.6 Å². The molecule has 1 amide bonds. The number of carbonyl (C=O) groups is 1. The molecule has 0 aromatic heterocycles. The third-order valence-corrected chi connectivity index (χ3v) is 4.75. The lowest BCUT2D eigenvalue weighted by Gasteiger charge is -2.41. The van der Waals surface area contributed by atoms with Crippen LogP contribution in [0.5, 0.6) is 0 Å². The molecule has 0 radical (unpaired) electrons. The predicted octanol–water partition coefficient (Wildman–Crippen LogP) is 1.76. The Morgan fingerprint density at radius 3 is 2.50 bits per heavy atom. The fourth-order valence-electron chi connectivity index (χ4n) is 3.29. The second-order valence-electron chi connectivity index (χ2n) is 7.40. The molecule has 1 unspecified atom stereocenters. The SMILES string of the molecule is CC(C)(C)N1CCC(NC(=O)CCC2CCNC2)CC1. The van der Waals surface area contributed by atoms with E-state index in [4.69, 9.17) is 0 Å². The third kappa shape index (κ3) is 4.74. The van der Waals surface area contributed by atoms with Gasteiger partial charge in [-0.3, -0.25) is 9.69 Å². The summed E-state index contributed by atoms with van der Waals surface area (Å²) in [4.78, 5) is 14.5. The van der Waals surface area contributed by atoms with Gasteiger partial charge in [0.15, 0.2) is 0 Å². The van der Waals surface area contributed by atoms with Crippen molar-refractivity contribution in [1.82, 2.24) is 15.5 Å². The maximum atomic E-state index is 12.0. The van der Waals surface area contributed by atoms with E-state index >= 15 is 0 Å². The number of hydrogen-bond acceptors (Lipinski definition) is 3. The van der Waals surface area contributed by atoms with Gasteiger partial charge in [0.1, 0.15) is 0 Å². The summed E-state index contributed by atoms with van der Waals surface area (Å²) >= 11 is 0. The van der Waals surface area contributed by atoms with Crippen LogP contribution in [0.25, 0.3) is 0 Å². The molecule has 116 valence electrons. The molecule has 1 atom stereocenters. The number of hydrogen-bond donors (Lipinski definition) is 2. The van der Waals surface area contributed by atoms with Gasteiger partial charge in [-0.15, -0.1) is 0 Å². The molecule has 2 rings (SSSR count). The van der Waals surface area contributed by atoms with Crippen molar-refractivity contribution in [2.24, 2.45) is 5.92 Å². The first-order chi connectivity index (χ1) is 9.45. The molecular weight excluding hydrogens is 250 g/mol. The highest BCUT2D eigenvalue weighted by atomic mass is 16.1. The van der Waals surface area contributed by atoms with Gasteiger partial charge in [0.05, 0.1) is 0 Å². The highest BCUT2D eigenvalue weighted by molar-refractivity contribution is 5.76. The zero-order valence-electron chi connectivity index (χ0n) is 13.4. The lowest BCUT2D eigenvalue weighted by Crippen LogP contribution is -2.50. The fraction of sp³-hybridized carbons (Fsp3) is 0.938. The number of likely N-dealkylation sites (tertiary alicyclic amines) is 1. The van der Waals surface area contributed by atoms with E-state index in [1.54, 1.807) is 0 Å². The summed E-state index contributed by atoms with van der Waals surface area (Å²) in [5, 5.41) is 6.59. The minimum Gasteiger partial charge on any atom is -0.353 e. The van der Waals surface area contributed by atoms with Gasteiger partial charge in [0.2, 0.25) is 5.91 Å². The zero-order valence-corrected chi connectivity index (χ0v) is 13.4. The second kappa shape index (κ2) is 6.90. The van der Waals surface area contributed by atoms with Crippen molar-refractivity contribution in [3.63, 3.8) is 0 Å². The quantitative estimate of drug-likeness (QED) is 0.825. The molecule has 4 heteroatoms. The van der Waals surface area contributed by atoms with Crippen molar-refractivity contribution >= 4 is 5.91 Å². The van der Waals surface area contributed by atoms with Crippen LogP contribution in [0.15, 0.2) is 0 Å². The molecule has 0 aromatic carbocycles. The average molecular weight is 281 g/mol. The summed E-state index contributed by atoms with van der Waals surface area (Å²) in [6, 6.07) is 0.391. The summed E-state index contributed by atoms with van der Waals surface area (Å²) in [6.45, 7) is 11.2. The van der Waals surface area contributed by atoms with E-state index in [2.05, 4.69) is 36.3 Å². The molecule has 2 N–H and O–H groups in total. The molecule has 2 aliphatic heterocycles. The van der Waals surface area contributed by atoms with Gasteiger partial charge in [0.25, 0.3) is 0 Å². The van der Waals surface area contributed by atoms with Crippen LogP contribution in [0, 0.1) is 5.92 Å². The molecule has 0 bridgehead atoms. The molecule has 0 saturated carbocycles. The number of nitrogens with zero attached hydrogens (tertiary/aromatic N) is 1. The molecule has 2 heterocycles. The summed E-state index contributed by atoms with van der Waals surface area (Å²) in [5.41, 5.74) is 0.254. The van der Waals surface area contributed by atoms with Crippen LogP contribution in [0.4, 0.5) is 0 Å². The molecule has 0 aromatic rings. The highest BCUT2D eigenvalue weighted by Crippen LogP contribution is 2.20. The van der Waals surface area contributed by atoms with Crippen LogP contribution in [0.1, 0.15) is 52.9 Å². The van der Waals surface area contributed by atoms with E-state index in [-0.39, 0.29) is 11.4 Å². The van der Waals surface area contributed by atoms with Crippen LogP contribution in [0.3, 0.4) is 0 Å². The van der Waals surface area contributed by atoms with E-state index < -0.39 is 0 Å². The summed E-state index contributed by atoms with van der Waals surface area (Å²) in [5.74, 6) is 0.967. The van der Waals surface area contributed by atoms with Gasteiger partial charge in [0, 0.05) is 31.1 Å². The monoisotopic (exact) mass is 281 g/mol. The Kier molecular flexibility index (Phi) is 5.44. The third-order valence-electron chi connectivity index (χ3n) is 4.75. The maximum absolute atomic E-state index is 12.0. The molecular formula is C16H31N3O. The number of piperidine rings is 1. The second-order valence-corrected chi connectivity index (χ2v) is 7.40. The standard InChI is InChI=1S/C16H31N3O/c1-16(2,3)19-10-7-14(8-11-19)18-15(20)5-4-13-6-9-17-12-13/h13-14,17H,4-12H2,1-3H3,(H,18,20). The van der Waals surface area contributed by atoms with Gasteiger partial charge in [-0.05, 0) is 65.5 Å². The number of amides is 1. The Labute approximate surface area is 123 Å². The number of carbonyl (C=O) groups excluding carboxylic acids is 1. The van der Waals surface area contributed by atoms with Crippen molar-refractivity contribution in [2.45, 2.75) is 64.5 Å². The minimum atomic E-state index is 0.254. The normalized spacial score (nSPS) is 25.9. The average Bonchev–Trinajstić information content (AvgIpc) is 2.89. The van der Waals surface area contributed by atoms with E-state index in [1.165, 1.54) is 6.42 Å². The van der Waals surface area contributed by atoms with Crippen LogP contribution in [-0.2, 0) is 4.79 Å². The molecule has 0 spiro atoms. The van der Waals surface area contributed by atoms with E-state index in [0.29, 0.717) is 18.4 Å². The lowest BCUT2D eigenvalue weighted by molar-refractivity contribution is -0.122. The maximum Gasteiger partial charge on any atom is 0.220 e. The predicted molar refractivity (Wildman–Crippen MR) is 82.7 cm³/mol. The van der Waals surface area contributed by atoms with Crippen LogP contribution >= 0.6 is 0 Å². The molecule has 4 nitrogen and oxygen atoms in total. The number of nitrogens with one attached hydrogen (secondary N) is 2. The summed E-state index contributed by atoms with van der Waals surface area (Å²) in [6.07, 6.45) is 5.16. The van der Waals surface area contributed by atoms with E-state index in [0.717, 1.165) is 45.4 Å². The Morgan fingerprint density at radius 2 is 1.95 bits per heavy atom. The van der Waals surface area contributed by atoms with Gasteiger partial charge in [-0.25, -0.2) is 0 Å². The van der Waals surface area contributed by atoms with Gasteiger partial charge >= 0.3 is 0 Å². The van der Waals surface area contributed by atoms with Crippen molar-refractivity contribution in [3.05, 3.63) is 0 Å². The molecule has 2 fully saturated rings. The summed E-state index contributed by atoms with van der Waals surface area (Å²) in [7, 11) is 0. The largest absolute Gasteiger partial charge is 0.353 e. The molecule has 20 heavy (non-hydrogen) atoms. The highest BCUT2D eigenvalue weighted by Gasteiger charge is 2.27. The van der Waals surface area contributed by atoms with E-state index in [9.17, 15) is 4.79 Å². The van der Waals surface area contributed by atoms with Crippen LogP contribution in [-0.4, -0.2) is 48.6 Å². The zero-order chi connectivity index (χ0) is 14.6. The Balaban J connectivity index is 1.63. The van der Waals surface area contributed by atoms with Crippen molar-refractivity contribution < 1.29 is 4.79 Å². The first kappa shape index (κ1) is 15.8. The number of rotatable bonds is 4. The van der Waals surface area contributed by atoms with Crippen molar-refractivity contribution in [2.75, 3.05) is 26.2 Å². The topological polar surface area (TPSA) is 44.4 Å². The van der Waals surface area contributed by atoms with Gasteiger partial charge in [-0.2, -0.15) is 0 Å².